The largest absolute Gasteiger partial charge is 0.399 e. The fourth-order valence-electron chi connectivity index (χ4n) is 7.37. The van der Waals surface area contributed by atoms with E-state index in [1.807, 2.05) is 30.7 Å². The molecule has 5 nitrogen and oxygen atoms in total. The summed E-state index contributed by atoms with van der Waals surface area (Å²) in [6, 6.07) is 14.7. The number of nitrogens with zero attached hydrogens (tertiary/aromatic N) is 2. The molecule has 36 heavy (non-hydrogen) atoms. The van der Waals surface area contributed by atoms with E-state index in [9.17, 15) is 4.79 Å². The van der Waals surface area contributed by atoms with Gasteiger partial charge in [0.2, 0.25) is 0 Å². The third kappa shape index (κ3) is 3.93. The van der Waals surface area contributed by atoms with Crippen molar-refractivity contribution in [2.24, 2.45) is 16.7 Å². The van der Waals surface area contributed by atoms with Gasteiger partial charge < -0.3 is 11.1 Å². The van der Waals surface area contributed by atoms with Gasteiger partial charge in [-0.3, -0.25) is 9.48 Å². The van der Waals surface area contributed by atoms with E-state index in [0.29, 0.717) is 18.2 Å². The standard InChI is InChI=1S/C31H40N4O/c1-19-10-12-22(13-11-19)18-35-27(23-14-15-24(32)20(2)17-23)21(3)26(34-35)28(36)33-29-30(4,5)25-9-7-8-16-31(25,29)6/h10-15,17,25,29H,7-9,16,18,32H2,1-6H3,(H,33,36)/t25-,29?,31?/m0/s1. The van der Waals surface area contributed by atoms with Crippen LogP contribution in [-0.4, -0.2) is 21.7 Å². The molecule has 3 aromatic rings. The summed E-state index contributed by atoms with van der Waals surface area (Å²) in [5.74, 6) is 0.601. The number of hydrogen-bond acceptors (Lipinski definition) is 3. The van der Waals surface area contributed by atoms with Crippen LogP contribution in [0.4, 0.5) is 5.69 Å². The number of aromatic nitrogens is 2. The second kappa shape index (κ2) is 8.79. The van der Waals surface area contributed by atoms with Gasteiger partial charge in [-0.05, 0) is 73.6 Å². The SMILES string of the molecule is Cc1ccc(Cn2nc(C(=O)NC3C(C)(C)[C@@H]4CCCCC34C)c(C)c2-c2ccc(N)c(C)c2)cc1. The molecule has 0 aliphatic heterocycles. The number of amides is 1. The first-order chi connectivity index (χ1) is 17.0. The number of carbonyl (C=O) groups excluding carboxylic acids is 1. The van der Waals surface area contributed by atoms with Gasteiger partial charge in [-0.25, -0.2) is 0 Å². The highest BCUT2D eigenvalue weighted by atomic mass is 16.2. The Morgan fingerprint density at radius 3 is 2.50 bits per heavy atom. The third-order valence-electron chi connectivity index (χ3n) is 9.23. The maximum Gasteiger partial charge on any atom is 0.272 e. The Labute approximate surface area is 215 Å². The summed E-state index contributed by atoms with van der Waals surface area (Å²) in [6.45, 7) is 13.7. The molecule has 5 heteroatoms. The average molecular weight is 485 g/mol. The van der Waals surface area contributed by atoms with Crippen molar-refractivity contribution in [3.8, 4) is 11.3 Å². The summed E-state index contributed by atoms with van der Waals surface area (Å²) in [4.78, 5) is 13.8. The Bertz CT molecular complexity index is 1300. The van der Waals surface area contributed by atoms with Crippen LogP contribution in [0, 0.1) is 37.5 Å². The summed E-state index contributed by atoms with van der Waals surface area (Å²) in [5, 5.41) is 8.37. The van der Waals surface area contributed by atoms with Crippen molar-refractivity contribution in [2.45, 2.75) is 79.8 Å². The fourth-order valence-corrected chi connectivity index (χ4v) is 7.37. The van der Waals surface area contributed by atoms with Crippen molar-refractivity contribution >= 4 is 11.6 Å². The van der Waals surface area contributed by atoms with E-state index in [1.165, 1.54) is 31.2 Å². The zero-order chi connectivity index (χ0) is 25.8. The van der Waals surface area contributed by atoms with Crippen molar-refractivity contribution in [2.75, 3.05) is 5.73 Å². The molecule has 2 fully saturated rings. The number of anilines is 1. The van der Waals surface area contributed by atoms with Crippen LogP contribution in [0.1, 0.15) is 79.2 Å². The van der Waals surface area contributed by atoms with E-state index in [1.54, 1.807) is 0 Å². The van der Waals surface area contributed by atoms with E-state index in [2.05, 4.69) is 63.3 Å². The van der Waals surface area contributed by atoms with Crippen LogP contribution in [0.15, 0.2) is 42.5 Å². The fraction of sp³-hybridized carbons (Fsp3) is 0.484. The van der Waals surface area contributed by atoms with Crippen LogP contribution in [0.3, 0.4) is 0 Å². The Hall–Kier alpha value is -3.08. The predicted octanol–water partition coefficient (Wildman–Crippen LogP) is 6.44. The predicted molar refractivity (Wildman–Crippen MR) is 147 cm³/mol. The smallest absolute Gasteiger partial charge is 0.272 e. The summed E-state index contributed by atoms with van der Waals surface area (Å²) >= 11 is 0. The molecule has 2 unspecified atom stereocenters. The van der Waals surface area contributed by atoms with Gasteiger partial charge in [0, 0.05) is 22.9 Å². The number of aryl methyl sites for hydroxylation is 2. The van der Waals surface area contributed by atoms with Gasteiger partial charge in [-0.2, -0.15) is 5.10 Å². The lowest BCUT2D eigenvalue weighted by Gasteiger charge is -2.67. The van der Waals surface area contributed by atoms with E-state index in [4.69, 9.17) is 10.8 Å². The highest BCUT2D eigenvalue weighted by molar-refractivity contribution is 5.96. The van der Waals surface area contributed by atoms with Crippen molar-refractivity contribution in [1.82, 2.24) is 15.1 Å². The molecule has 1 heterocycles. The van der Waals surface area contributed by atoms with Crippen molar-refractivity contribution in [1.29, 1.82) is 0 Å². The molecule has 2 saturated carbocycles. The Balaban J connectivity index is 1.51. The molecule has 1 aromatic heterocycles. The lowest BCUT2D eigenvalue weighted by Crippen LogP contribution is -2.71. The number of hydrogen-bond donors (Lipinski definition) is 2. The van der Waals surface area contributed by atoms with Gasteiger partial charge >= 0.3 is 0 Å². The zero-order valence-electron chi connectivity index (χ0n) is 22.6. The first-order valence-corrected chi connectivity index (χ1v) is 13.3. The van der Waals surface area contributed by atoms with Crippen LogP contribution in [-0.2, 0) is 6.54 Å². The second-order valence-electron chi connectivity index (χ2n) is 12.1. The van der Waals surface area contributed by atoms with E-state index in [-0.39, 0.29) is 22.8 Å². The molecule has 0 saturated heterocycles. The van der Waals surface area contributed by atoms with Crippen LogP contribution < -0.4 is 11.1 Å². The molecule has 2 aromatic carbocycles. The van der Waals surface area contributed by atoms with Crippen LogP contribution >= 0.6 is 0 Å². The number of nitrogens with two attached hydrogens (primary N) is 1. The first-order valence-electron chi connectivity index (χ1n) is 13.3. The van der Waals surface area contributed by atoms with E-state index in [0.717, 1.165) is 33.6 Å². The van der Waals surface area contributed by atoms with Crippen LogP contribution in [0.2, 0.25) is 0 Å². The first kappa shape index (κ1) is 24.6. The van der Waals surface area contributed by atoms with Gasteiger partial charge in [0.15, 0.2) is 5.69 Å². The zero-order valence-corrected chi connectivity index (χ0v) is 22.6. The monoisotopic (exact) mass is 484 g/mol. The number of fused-ring (bicyclic) bond motifs is 1. The lowest BCUT2D eigenvalue weighted by molar-refractivity contribution is -0.156. The summed E-state index contributed by atoms with van der Waals surface area (Å²) < 4.78 is 1.98. The van der Waals surface area contributed by atoms with Crippen molar-refractivity contribution < 1.29 is 4.79 Å². The lowest BCUT2D eigenvalue weighted by atomic mass is 9.40. The molecule has 190 valence electrons. The number of nitrogen functional groups attached to an aromatic ring is 1. The summed E-state index contributed by atoms with van der Waals surface area (Å²) in [6.07, 6.45) is 5.00. The molecular formula is C31H40N4O. The molecule has 3 N–H and O–H groups in total. The average Bonchev–Trinajstić information content (AvgIpc) is 3.16. The quantitative estimate of drug-likeness (QED) is 0.409. The Morgan fingerprint density at radius 2 is 1.81 bits per heavy atom. The molecule has 0 radical (unpaired) electrons. The van der Waals surface area contributed by atoms with Crippen molar-refractivity contribution in [3.05, 3.63) is 70.4 Å². The van der Waals surface area contributed by atoms with Gasteiger partial charge in [-0.15, -0.1) is 0 Å². The number of benzene rings is 2. The molecule has 5 rings (SSSR count). The highest BCUT2D eigenvalue weighted by Crippen LogP contribution is 2.65. The minimum atomic E-state index is -0.0631. The number of carbonyl (C=O) groups is 1. The van der Waals surface area contributed by atoms with E-state index >= 15 is 0 Å². The Kier molecular flexibility index (Phi) is 6.01. The summed E-state index contributed by atoms with van der Waals surface area (Å²) in [5.41, 5.74) is 14.0. The van der Waals surface area contributed by atoms with E-state index < -0.39 is 0 Å². The second-order valence-corrected chi connectivity index (χ2v) is 12.1. The highest BCUT2D eigenvalue weighted by Gasteiger charge is 2.64. The maximum atomic E-state index is 13.8. The minimum Gasteiger partial charge on any atom is -0.399 e. The molecule has 2 aliphatic rings. The molecule has 2 aliphatic carbocycles. The topological polar surface area (TPSA) is 72.9 Å². The van der Waals surface area contributed by atoms with Gasteiger partial charge in [0.05, 0.1) is 12.2 Å². The molecule has 0 spiro atoms. The van der Waals surface area contributed by atoms with Crippen LogP contribution in [0.25, 0.3) is 11.3 Å². The molecule has 3 atom stereocenters. The molecule has 0 bridgehead atoms. The molecule has 1 amide bonds. The summed E-state index contributed by atoms with van der Waals surface area (Å²) in [7, 11) is 0. The van der Waals surface area contributed by atoms with Crippen LogP contribution in [0.5, 0.6) is 0 Å². The normalized spacial score (nSPS) is 24.6. The molecular weight excluding hydrogens is 444 g/mol. The minimum absolute atomic E-state index is 0.0631. The number of rotatable bonds is 5. The van der Waals surface area contributed by atoms with Crippen molar-refractivity contribution in [3.63, 3.8) is 0 Å². The van der Waals surface area contributed by atoms with Gasteiger partial charge in [0.1, 0.15) is 0 Å². The number of nitrogens with one attached hydrogen (secondary N) is 1. The van der Waals surface area contributed by atoms with Gasteiger partial charge in [0.25, 0.3) is 5.91 Å². The maximum absolute atomic E-state index is 13.8. The third-order valence-corrected chi connectivity index (χ3v) is 9.23. The Morgan fingerprint density at radius 1 is 1.08 bits per heavy atom. The van der Waals surface area contributed by atoms with Gasteiger partial charge in [-0.1, -0.05) is 69.5 Å².